The maximum Gasteiger partial charge on any atom is 0.295 e. The zero-order valence-corrected chi connectivity index (χ0v) is 11.6. The first kappa shape index (κ1) is 13.9. The van der Waals surface area contributed by atoms with E-state index in [0.717, 1.165) is 18.9 Å². The molecule has 0 amide bonds. The predicted molar refractivity (Wildman–Crippen MR) is 73.6 cm³/mol. The van der Waals surface area contributed by atoms with Gasteiger partial charge in [0, 0.05) is 17.4 Å². The number of anilines is 1. The third-order valence-electron chi connectivity index (χ3n) is 3.31. The summed E-state index contributed by atoms with van der Waals surface area (Å²) in [6, 6.07) is 2.23. The lowest BCUT2D eigenvalue weighted by Gasteiger charge is -2.15. The van der Waals surface area contributed by atoms with Crippen LogP contribution in [0.15, 0.2) is 12.1 Å². The van der Waals surface area contributed by atoms with Crippen LogP contribution >= 0.6 is 11.8 Å². The summed E-state index contributed by atoms with van der Waals surface area (Å²) in [5.74, 6) is -0.729. The van der Waals surface area contributed by atoms with Crippen molar-refractivity contribution in [1.29, 1.82) is 0 Å². The monoisotopic (exact) mass is 286 g/mol. The lowest BCUT2D eigenvalue weighted by atomic mass is 10.2. The number of hydrogen-bond donors (Lipinski definition) is 1. The highest BCUT2D eigenvalue weighted by Crippen LogP contribution is 2.47. The molecule has 1 aromatic rings. The molecule has 19 heavy (non-hydrogen) atoms. The third kappa shape index (κ3) is 2.91. The summed E-state index contributed by atoms with van der Waals surface area (Å²) >= 11 is 1.75. The van der Waals surface area contributed by atoms with Crippen LogP contribution in [0.3, 0.4) is 0 Å². The highest BCUT2D eigenvalue weighted by atomic mass is 32.2. The molecule has 0 aromatic heterocycles. The number of rotatable bonds is 6. The Morgan fingerprint density at radius 3 is 2.74 bits per heavy atom. The summed E-state index contributed by atoms with van der Waals surface area (Å²) in [5.41, 5.74) is 0.0266. The molecule has 1 aliphatic carbocycles. The molecule has 0 aliphatic heterocycles. The van der Waals surface area contributed by atoms with E-state index in [9.17, 15) is 14.5 Å². The number of nitrogens with zero attached hydrogens (tertiary/aromatic N) is 1. The summed E-state index contributed by atoms with van der Waals surface area (Å²) < 4.78 is 18.5. The summed E-state index contributed by atoms with van der Waals surface area (Å²) in [4.78, 5) is 10.3. The molecule has 0 atom stereocenters. The smallest absolute Gasteiger partial charge is 0.295 e. The fourth-order valence-corrected chi connectivity index (χ4v) is 2.57. The molecule has 2 rings (SSSR count). The van der Waals surface area contributed by atoms with Gasteiger partial charge in [0.25, 0.3) is 5.69 Å². The molecule has 0 unspecified atom stereocenters. The van der Waals surface area contributed by atoms with Gasteiger partial charge >= 0.3 is 0 Å². The summed E-state index contributed by atoms with van der Waals surface area (Å²) in [6.45, 7) is 0.629. The SMILES string of the molecule is COc1cc(NCC2(SC)CC2)c([N+](=O)[O-])cc1F. The Kier molecular flexibility index (Phi) is 3.84. The molecule has 0 radical (unpaired) electrons. The standard InChI is InChI=1S/C12H15FN2O3S/c1-18-11-6-9(10(15(16)17)5-8(11)13)14-7-12(19-2)3-4-12/h5-6,14H,3-4,7H2,1-2H3. The number of methoxy groups -OCH3 is 1. The second-order valence-corrected chi connectivity index (χ2v) is 5.78. The summed E-state index contributed by atoms with van der Waals surface area (Å²) in [6.07, 6.45) is 4.20. The van der Waals surface area contributed by atoms with Gasteiger partial charge in [0.05, 0.1) is 18.1 Å². The average Bonchev–Trinajstić information content (AvgIpc) is 3.17. The normalized spacial score (nSPS) is 15.9. The lowest BCUT2D eigenvalue weighted by molar-refractivity contribution is -0.384. The van der Waals surface area contributed by atoms with E-state index >= 15 is 0 Å². The highest BCUT2D eigenvalue weighted by Gasteiger charge is 2.41. The zero-order chi connectivity index (χ0) is 14.0. The zero-order valence-electron chi connectivity index (χ0n) is 10.7. The second kappa shape index (κ2) is 5.24. The van der Waals surface area contributed by atoms with E-state index in [-0.39, 0.29) is 16.2 Å². The van der Waals surface area contributed by atoms with E-state index in [0.29, 0.717) is 12.2 Å². The van der Waals surface area contributed by atoms with Gasteiger partial charge in [-0.1, -0.05) is 0 Å². The van der Waals surface area contributed by atoms with Crippen LogP contribution in [0.5, 0.6) is 5.75 Å². The molecule has 7 heteroatoms. The number of nitrogens with one attached hydrogen (secondary N) is 1. The van der Waals surface area contributed by atoms with Crippen LogP contribution in [0.4, 0.5) is 15.8 Å². The average molecular weight is 286 g/mol. The van der Waals surface area contributed by atoms with E-state index in [1.807, 2.05) is 6.26 Å². The first-order chi connectivity index (χ1) is 9.01. The molecule has 1 aromatic carbocycles. The fourth-order valence-electron chi connectivity index (χ4n) is 1.84. The Morgan fingerprint density at radius 2 is 2.26 bits per heavy atom. The molecular formula is C12H15FN2O3S. The quantitative estimate of drug-likeness (QED) is 0.643. The van der Waals surface area contributed by atoms with Gasteiger partial charge < -0.3 is 10.1 Å². The highest BCUT2D eigenvalue weighted by molar-refractivity contribution is 8.00. The number of benzene rings is 1. The van der Waals surface area contributed by atoms with Gasteiger partial charge in [-0.25, -0.2) is 4.39 Å². The van der Waals surface area contributed by atoms with E-state index in [1.54, 1.807) is 11.8 Å². The van der Waals surface area contributed by atoms with Crippen molar-refractivity contribution in [2.45, 2.75) is 17.6 Å². The van der Waals surface area contributed by atoms with Crippen LogP contribution in [0.1, 0.15) is 12.8 Å². The first-order valence-electron chi connectivity index (χ1n) is 5.82. The maximum atomic E-state index is 13.5. The Balaban J connectivity index is 2.24. The third-order valence-corrected chi connectivity index (χ3v) is 4.73. The van der Waals surface area contributed by atoms with Crippen molar-refractivity contribution in [3.05, 3.63) is 28.1 Å². The van der Waals surface area contributed by atoms with Crippen molar-refractivity contribution in [2.24, 2.45) is 0 Å². The van der Waals surface area contributed by atoms with Crippen molar-refractivity contribution < 1.29 is 14.1 Å². The minimum atomic E-state index is -0.731. The fraction of sp³-hybridized carbons (Fsp3) is 0.500. The predicted octanol–water partition coefficient (Wildman–Crippen LogP) is 3.05. The molecule has 0 saturated heterocycles. The molecule has 0 spiro atoms. The molecule has 1 fully saturated rings. The van der Waals surface area contributed by atoms with Crippen molar-refractivity contribution in [3.63, 3.8) is 0 Å². The molecule has 1 aliphatic rings. The van der Waals surface area contributed by atoms with E-state index < -0.39 is 10.7 Å². The van der Waals surface area contributed by atoms with Gasteiger partial charge in [0.15, 0.2) is 11.6 Å². The number of nitro benzene ring substituents is 1. The molecule has 0 bridgehead atoms. The molecular weight excluding hydrogens is 271 g/mol. The Hall–Kier alpha value is -1.50. The van der Waals surface area contributed by atoms with Crippen LogP contribution in [0.2, 0.25) is 0 Å². The number of halogens is 1. The Morgan fingerprint density at radius 1 is 1.58 bits per heavy atom. The van der Waals surface area contributed by atoms with Gasteiger partial charge in [0.1, 0.15) is 5.69 Å². The van der Waals surface area contributed by atoms with Gasteiger partial charge in [0.2, 0.25) is 0 Å². The number of hydrogen-bond acceptors (Lipinski definition) is 5. The minimum Gasteiger partial charge on any atom is -0.494 e. The number of nitro groups is 1. The van der Waals surface area contributed by atoms with E-state index in [2.05, 4.69) is 5.32 Å². The maximum absolute atomic E-state index is 13.5. The molecule has 0 heterocycles. The van der Waals surface area contributed by atoms with Gasteiger partial charge in [-0.2, -0.15) is 11.8 Å². The van der Waals surface area contributed by atoms with Crippen LogP contribution < -0.4 is 10.1 Å². The Labute approximate surface area is 114 Å². The van der Waals surface area contributed by atoms with Crippen molar-refractivity contribution in [2.75, 3.05) is 25.2 Å². The molecule has 104 valence electrons. The van der Waals surface area contributed by atoms with Crippen LogP contribution in [0.25, 0.3) is 0 Å². The largest absolute Gasteiger partial charge is 0.494 e. The van der Waals surface area contributed by atoms with Crippen molar-refractivity contribution in [3.8, 4) is 5.75 Å². The second-order valence-electron chi connectivity index (χ2n) is 4.50. The van der Waals surface area contributed by atoms with Gasteiger partial charge in [-0.15, -0.1) is 0 Å². The van der Waals surface area contributed by atoms with Crippen LogP contribution in [-0.4, -0.2) is 29.6 Å². The Bertz CT molecular complexity index is 506. The minimum absolute atomic E-state index is 0.00194. The summed E-state index contributed by atoms with van der Waals surface area (Å²) in [7, 11) is 1.33. The van der Waals surface area contributed by atoms with Gasteiger partial charge in [-0.3, -0.25) is 10.1 Å². The van der Waals surface area contributed by atoms with Crippen LogP contribution in [0, 0.1) is 15.9 Å². The van der Waals surface area contributed by atoms with E-state index in [1.165, 1.54) is 13.2 Å². The van der Waals surface area contributed by atoms with E-state index in [4.69, 9.17) is 4.74 Å². The van der Waals surface area contributed by atoms with Crippen LogP contribution in [-0.2, 0) is 0 Å². The molecule has 1 N–H and O–H groups in total. The van der Waals surface area contributed by atoms with Gasteiger partial charge in [-0.05, 0) is 19.1 Å². The van der Waals surface area contributed by atoms with Crippen molar-refractivity contribution >= 4 is 23.1 Å². The lowest BCUT2D eigenvalue weighted by Crippen LogP contribution is -2.18. The first-order valence-corrected chi connectivity index (χ1v) is 7.05. The number of thioether (sulfide) groups is 1. The number of ether oxygens (including phenoxy) is 1. The summed E-state index contributed by atoms with van der Waals surface area (Å²) in [5, 5.41) is 14.0. The molecule has 5 nitrogen and oxygen atoms in total. The van der Waals surface area contributed by atoms with Crippen molar-refractivity contribution in [1.82, 2.24) is 0 Å². The molecule has 1 saturated carbocycles. The topological polar surface area (TPSA) is 64.4 Å².